The van der Waals surface area contributed by atoms with E-state index in [0.717, 1.165) is 47.7 Å². The molecule has 0 spiro atoms. The fraction of sp³-hybridized carbons (Fsp3) is 0.483. The molecule has 2 aromatic heterocycles. The van der Waals surface area contributed by atoms with Crippen molar-refractivity contribution in [2.24, 2.45) is 7.05 Å². The van der Waals surface area contributed by atoms with Crippen molar-refractivity contribution in [3.05, 3.63) is 76.6 Å². The largest absolute Gasteiger partial charge is 0.311 e. The second-order valence-corrected chi connectivity index (χ2v) is 11.4. The van der Waals surface area contributed by atoms with Crippen LogP contribution in [0.5, 0.6) is 0 Å². The maximum absolute atomic E-state index is 13.8. The molecule has 37 heavy (non-hydrogen) atoms. The average molecular weight is 505 g/mol. The number of benzene rings is 1. The van der Waals surface area contributed by atoms with Crippen LogP contribution in [0.1, 0.15) is 49.0 Å². The number of nitrogens with one attached hydrogen (secondary N) is 1. The van der Waals surface area contributed by atoms with Gasteiger partial charge in [-0.1, -0.05) is 26.0 Å². The van der Waals surface area contributed by atoms with Gasteiger partial charge < -0.3 is 10.2 Å². The van der Waals surface area contributed by atoms with E-state index in [1.807, 2.05) is 29.7 Å². The third-order valence-corrected chi connectivity index (χ3v) is 7.64. The molecule has 0 bridgehead atoms. The molecule has 7 nitrogen and oxygen atoms in total. The number of aryl methyl sites for hydroxylation is 2. The van der Waals surface area contributed by atoms with E-state index in [0.29, 0.717) is 25.6 Å². The summed E-state index contributed by atoms with van der Waals surface area (Å²) in [5, 5.41) is 8.09. The number of carbonyl (C=O) groups is 1. The number of hydrogen-bond donors (Lipinski definition) is 1. The van der Waals surface area contributed by atoms with Crippen LogP contribution in [0.3, 0.4) is 0 Å². The standard InChI is InChI=1S/C29H37FN6O/c1-19-10-24(34(5)33-19)13-25-15-31-20(2)16-35(25)17-27(37)36-18-29(3,4)28-26(36)12-22(14-32-28)11-21-6-8-23(30)9-7-21/h6-10,12,14,20,25,31H,11,13,15-18H2,1-5H3/t20-,25+/m1/s1. The van der Waals surface area contributed by atoms with E-state index in [1.54, 1.807) is 12.1 Å². The highest BCUT2D eigenvalue weighted by Gasteiger charge is 2.40. The number of halogens is 1. The number of anilines is 1. The zero-order valence-corrected chi connectivity index (χ0v) is 22.5. The highest BCUT2D eigenvalue weighted by Crippen LogP contribution is 2.39. The lowest BCUT2D eigenvalue weighted by Gasteiger charge is -2.39. The fourth-order valence-electron chi connectivity index (χ4n) is 5.72. The second-order valence-electron chi connectivity index (χ2n) is 11.4. The third kappa shape index (κ3) is 5.45. The van der Waals surface area contributed by atoms with Crippen LogP contribution in [0.25, 0.3) is 0 Å². The molecule has 5 rings (SSSR count). The van der Waals surface area contributed by atoms with Gasteiger partial charge in [0.25, 0.3) is 0 Å². The third-order valence-electron chi connectivity index (χ3n) is 7.64. The number of piperazine rings is 1. The molecule has 3 aromatic rings. The lowest BCUT2D eigenvalue weighted by Crippen LogP contribution is -2.58. The second kappa shape index (κ2) is 9.99. The van der Waals surface area contributed by atoms with Crippen molar-refractivity contribution >= 4 is 11.6 Å². The number of hydrogen-bond acceptors (Lipinski definition) is 5. The Bertz CT molecular complexity index is 1280. The zero-order chi connectivity index (χ0) is 26.3. The Balaban J connectivity index is 1.36. The van der Waals surface area contributed by atoms with Gasteiger partial charge in [0.15, 0.2) is 0 Å². The van der Waals surface area contributed by atoms with Gasteiger partial charge in [0.1, 0.15) is 5.82 Å². The number of amides is 1. The first-order valence-electron chi connectivity index (χ1n) is 13.1. The van der Waals surface area contributed by atoms with Crippen molar-refractivity contribution in [2.75, 3.05) is 31.1 Å². The lowest BCUT2D eigenvalue weighted by atomic mass is 9.91. The van der Waals surface area contributed by atoms with Crippen molar-refractivity contribution in [3.8, 4) is 0 Å². The topological polar surface area (TPSA) is 66.3 Å². The number of pyridine rings is 1. The molecule has 2 aliphatic rings. The quantitative estimate of drug-likeness (QED) is 0.558. The molecule has 0 unspecified atom stereocenters. The van der Waals surface area contributed by atoms with E-state index < -0.39 is 0 Å². The number of carbonyl (C=O) groups excluding carboxylic acids is 1. The van der Waals surface area contributed by atoms with E-state index >= 15 is 0 Å². The molecule has 0 saturated carbocycles. The van der Waals surface area contributed by atoms with E-state index in [9.17, 15) is 9.18 Å². The number of rotatable bonds is 6. The van der Waals surface area contributed by atoms with Gasteiger partial charge in [0, 0.05) is 62.5 Å². The molecule has 0 aliphatic carbocycles. The Hall–Kier alpha value is -3.10. The molecule has 1 N–H and O–H groups in total. The van der Waals surface area contributed by atoms with Crippen LogP contribution in [-0.4, -0.2) is 63.8 Å². The van der Waals surface area contributed by atoms with Crippen LogP contribution in [0, 0.1) is 12.7 Å². The summed E-state index contributed by atoms with van der Waals surface area (Å²) in [4.78, 5) is 22.9. The van der Waals surface area contributed by atoms with Gasteiger partial charge in [-0.25, -0.2) is 4.39 Å². The summed E-state index contributed by atoms with van der Waals surface area (Å²) in [6.07, 6.45) is 3.38. The van der Waals surface area contributed by atoms with E-state index in [-0.39, 0.29) is 23.2 Å². The highest BCUT2D eigenvalue weighted by molar-refractivity contribution is 5.97. The highest BCUT2D eigenvalue weighted by atomic mass is 19.1. The summed E-state index contributed by atoms with van der Waals surface area (Å²) in [5.41, 5.74) is 5.86. The van der Waals surface area contributed by atoms with Gasteiger partial charge in [-0.15, -0.1) is 0 Å². The predicted molar refractivity (Wildman–Crippen MR) is 143 cm³/mol. The molecule has 1 amide bonds. The maximum Gasteiger partial charge on any atom is 0.241 e. The first kappa shape index (κ1) is 25.5. The summed E-state index contributed by atoms with van der Waals surface area (Å²) in [6, 6.07) is 11.3. The van der Waals surface area contributed by atoms with Crippen molar-refractivity contribution in [2.45, 2.75) is 58.0 Å². The van der Waals surface area contributed by atoms with Crippen LogP contribution in [0.4, 0.5) is 10.1 Å². The fourth-order valence-corrected chi connectivity index (χ4v) is 5.72. The van der Waals surface area contributed by atoms with Gasteiger partial charge in [-0.3, -0.25) is 19.4 Å². The monoisotopic (exact) mass is 504 g/mol. The molecule has 4 heterocycles. The molecular formula is C29H37FN6O. The Kier molecular flexibility index (Phi) is 6.89. The predicted octanol–water partition coefficient (Wildman–Crippen LogP) is 3.38. The molecule has 2 aliphatic heterocycles. The Morgan fingerprint density at radius 2 is 1.95 bits per heavy atom. The Morgan fingerprint density at radius 3 is 2.65 bits per heavy atom. The molecule has 8 heteroatoms. The summed E-state index contributed by atoms with van der Waals surface area (Å²) in [6.45, 7) is 11.1. The summed E-state index contributed by atoms with van der Waals surface area (Å²) in [5.74, 6) is -0.138. The SMILES string of the molecule is Cc1cc(C[C@H]2CN[C@H](C)CN2CC(=O)N2CC(C)(C)c3ncc(Cc4ccc(F)cc4)cc32)n(C)n1. The molecule has 1 saturated heterocycles. The lowest BCUT2D eigenvalue weighted by molar-refractivity contribution is -0.120. The van der Waals surface area contributed by atoms with Gasteiger partial charge in [0.2, 0.25) is 5.91 Å². The summed E-state index contributed by atoms with van der Waals surface area (Å²) < 4.78 is 15.3. The Morgan fingerprint density at radius 1 is 1.19 bits per heavy atom. The zero-order valence-electron chi connectivity index (χ0n) is 22.5. The molecule has 1 fully saturated rings. The van der Waals surface area contributed by atoms with Crippen LogP contribution < -0.4 is 10.2 Å². The smallest absolute Gasteiger partial charge is 0.241 e. The van der Waals surface area contributed by atoms with Gasteiger partial charge in [0.05, 0.1) is 23.6 Å². The van der Waals surface area contributed by atoms with E-state index in [2.05, 4.69) is 48.2 Å². The molecule has 0 radical (unpaired) electrons. The minimum Gasteiger partial charge on any atom is -0.311 e. The number of fused-ring (bicyclic) bond motifs is 1. The summed E-state index contributed by atoms with van der Waals surface area (Å²) >= 11 is 0. The molecule has 1 aromatic carbocycles. The molecule has 2 atom stereocenters. The Labute approximate surface area is 218 Å². The number of aromatic nitrogens is 3. The van der Waals surface area contributed by atoms with Crippen molar-refractivity contribution in [1.82, 2.24) is 25.0 Å². The minimum atomic E-state index is -0.242. The number of nitrogens with zero attached hydrogens (tertiary/aromatic N) is 5. The normalized spacial score (nSPS) is 21.3. The van der Waals surface area contributed by atoms with Crippen molar-refractivity contribution < 1.29 is 9.18 Å². The minimum absolute atomic E-state index is 0.104. The molecular weight excluding hydrogens is 467 g/mol. The van der Waals surface area contributed by atoms with Crippen LogP contribution in [0.2, 0.25) is 0 Å². The van der Waals surface area contributed by atoms with Crippen LogP contribution in [-0.2, 0) is 30.1 Å². The van der Waals surface area contributed by atoms with Crippen LogP contribution >= 0.6 is 0 Å². The van der Waals surface area contributed by atoms with Gasteiger partial charge in [-0.2, -0.15) is 5.10 Å². The van der Waals surface area contributed by atoms with Crippen molar-refractivity contribution in [1.29, 1.82) is 0 Å². The van der Waals surface area contributed by atoms with Crippen molar-refractivity contribution in [3.63, 3.8) is 0 Å². The summed E-state index contributed by atoms with van der Waals surface area (Å²) in [7, 11) is 1.98. The van der Waals surface area contributed by atoms with Crippen LogP contribution in [0.15, 0.2) is 42.6 Å². The van der Waals surface area contributed by atoms with Gasteiger partial charge >= 0.3 is 0 Å². The van der Waals surface area contributed by atoms with E-state index in [1.165, 1.54) is 17.8 Å². The van der Waals surface area contributed by atoms with E-state index in [4.69, 9.17) is 4.98 Å². The average Bonchev–Trinajstić information content (AvgIpc) is 3.30. The first-order chi connectivity index (χ1) is 17.6. The van der Waals surface area contributed by atoms with Gasteiger partial charge in [-0.05, 0) is 55.7 Å². The maximum atomic E-state index is 13.8. The molecule has 196 valence electrons. The first-order valence-corrected chi connectivity index (χ1v) is 13.1.